The van der Waals surface area contributed by atoms with E-state index < -0.39 is 10.1 Å². The summed E-state index contributed by atoms with van der Waals surface area (Å²) in [4.78, 5) is -0.319. The molecule has 0 amide bonds. The summed E-state index contributed by atoms with van der Waals surface area (Å²) >= 11 is 0. The summed E-state index contributed by atoms with van der Waals surface area (Å²) in [6.07, 6.45) is 0. The number of anilines is 1. The van der Waals surface area contributed by atoms with Gasteiger partial charge in [0.15, 0.2) is 0 Å². The van der Waals surface area contributed by atoms with Crippen molar-refractivity contribution >= 4 is 26.6 Å². The number of phenols is 1. The average molecular weight is 267 g/mol. The largest absolute Gasteiger partial charge is 0.507 e. The number of rotatable bonds is 3. The highest BCUT2D eigenvalue weighted by atomic mass is 32.2. The number of hydrogen-bond acceptors (Lipinski definition) is 4. The van der Waals surface area contributed by atoms with E-state index >= 15 is 0 Å². The molecule has 0 spiro atoms. The predicted octanol–water partition coefficient (Wildman–Crippen LogP) is 2.22. The van der Waals surface area contributed by atoms with Crippen LogP contribution in [-0.2, 0) is 10.1 Å². The van der Waals surface area contributed by atoms with Crippen molar-refractivity contribution in [1.82, 2.24) is 0 Å². The molecule has 0 saturated heterocycles. The number of benzene rings is 2. The van der Waals surface area contributed by atoms with Crippen LogP contribution in [0.1, 0.15) is 6.92 Å². The topological polar surface area (TPSA) is 86.6 Å². The van der Waals surface area contributed by atoms with Gasteiger partial charge in [-0.05, 0) is 6.92 Å². The first kappa shape index (κ1) is 12.7. The Morgan fingerprint density at radius 1 is 1.22 bits per heavy atom. The first-order chi connectivity index (χ1) is 8.45. The fourth-order valence-electron chi connectivity index (χ4n) is 1.89. The zero-order chi connectivity index (χ0) is 13.3. The molecule has 0 atom stereocenters. The molecule has 0 aliphatic heterocycles. The molecule has 6 heteroatoms. The van der Waals surface area contributed by atoms with E-state index in [1.54, 1.807) is 24.3 Å². The summed E-state index contributed by atoms with van der Waals surface area (Å²) in [5.41, 5.74) is 0.299. The lowest BCUT2D eigenvalue weighted by Gasteiger charge is -2.13. The summed E-state index contributed by atoms with van der Waals surface area (Å²) in [5, 5.41) is 13.8. The summed E-state index contributed by atoms with van der Waals surface area (Å²) in [6, 6.07) is 7.89. The molecule has 0 saturated carbocycles. The minimum Gasteiger partial charge on any atom is -0.507 e. The lowest BCUT2D eigenvalue weighted by molar-refractivity contribution is 0.471. The highest BCUT2D eigenvalue weighted by molar-refractivity contribution is 7.86. The molecule has 0 bridgehead atoms. The van der Waals surface area contributed by atoms with Crippen molar-refractivity contribution < 1.29 is 18.1 Å². The molecule has 0 radical (unpaired) electrons. The van der Waals surface area contributed by atoms with Crippen LogP contribution in [0.4, 0.5) is 5.69 Å². The molecule has 0 aliphatic carbocycles. The van der Waals surface area contributed by atoms with E-state index in [1.165, 1.54) is 0 Å². The smallest absolute Gasteiger partial charge is 0.296 e. The van der Waals surface area contributed by atoms with E-state index in [1.807, 2.05) is 6.92 Å². The molecule has 0 heterocycles. The number of aromatic hydroxyl groups is 1. The first-order valence-corrected chi connectivity index (χ1v) is 6.85. The predicted molar refractivity (Wildman–Crippen MR) is 69.6 cm³/mol. The van der Waals surface area contributed by atoms with Crippen LogP contribution in [0, 0.1) is 0 Å². The molecule has 2 rings (SSSR count). The third-order valence-electron chi connectivity index (χ3n) is 2.62. The van der Waals surface area contributed by atoms with Crippen LogP contribution in [0.25, 0.3) is 10.8 Å². The summed E-state index contributed by atoms with van der Waals surface area (Å²) < 4.78 is 31.9. The van der Waals surface area contributed by atoms with E-state index in [0.29, 0.717) is 23.0 Å². The van der Waals surface area contributed by atoms with Gasteiger partial charge in [-0.2, -0.15) is 8.42 Å². The van der Waals surface area contributed by atoms with Gasteiger partial charge in [-0.1, -0.05) is 24.3 Å². The maximum Gasteiger partial charge on any atom is 0.296 e. The van der Waals surface area contributed by atoms with Crippen molar-refractivity contribution in [2.24, 2.45) is 0 Å². The van der Waals surface area contributed by atoms with Gasteiger partial charge in [0.25, 0.3) is 10.1 Å². The Bertz CT molecular complexity index is 695. The van der Waals surface area contributed by atoms with Crippen LogP contribution < -0.4 is 5.32 Å². The number of hydrogen-bond donors (Lipinski definition) is 3. The molecule has 0 unspecified atom stereocenters. The molecule has 3 N–H and O–H groups in total. The second-order valence-corrected chi connectivity index (χ2v) is 5.21. The third kappa shape index (κ3) is 2.12. The number of nitrogens with one attached hydrogen (secondary N) is 1. The van der Waals surface area contributed by atoms with Gasteiger partial charge in [-0.25, -0.2) is 0 Å². The molecule has 18 heavy (non-hydrogen) atoms. The van der Waals surface area contributed by atoms with Crippen molar-refractivity contribution in [3.8, 4) is 5.75 Å². The van der Waals surface area contributed by atoms with E-state index in [-0.39, 0.29) is 10.6 Å². The van der Waals surface area contributed by atoms with Crippen molar-refractivity contribution in [2.45, 2.75) is 11.8 Å². The second-order valence-electron chi connectivity index (χ2n) is 3.82. The van der Waals surface area contributed by atoms with Gasteiger partial charge in [0, 0.05) is 23.4 Å². The number of phenolic OH excluding ortho intramolecular Hbond substituents is 1. The molecule has 2 aromatic rings. The highest BCUT2D eigenvalue weighted by Gasteiger charge is 2.20. The van der Waals surface area contributed by atoms with Crippen LogP contribution in [0.5, 0.6) is 5.75 Å². The molecular weight excluding hydrogens is 254 g/mol. The van der Waals surface area contributed by atoms with Crippen LogP contribution >= 0.6 is 0 Å². The molecule has 96 valence electrons. The summed E-state index contributed by atoms with van der Waals surface area (Å²) in [6.45, 7) is 2.31. The Morgan fingerprint density at radius 3 is 2.39 bits per heavy atom. The van der Waals surface area contributed by atoms with Crippen LogP contribution in [0.3, 0.4) is 0 Å². The zero-order valence-corrected chi connectivity index (χ0v) is 10.5. The zero-order valence-electron chi connectivity index (χ0n) is 9.71. The van der Waals surface area contributed by atoms with Gasteiger partial charge in [-0.3, -0.25) is 4.55 Å². The normalized spacial score (nSPS) is 11.7. The minimum absolute atomic E-state index is 0.181. The SMILES string of the molecule is CCNc1c(S(=O)(=O)O)cc(O)c2ccccc12. The molecule has 2 aromatic carbocycles. The highest BCUT2D eigenvalue weighted by Crippen LogP contribution is 2.36. The maximum absolute atomic E-state index is 11.3. The molecule has 0 aliphatic rings. The molecule has 0 aromatic heterocycles. The van der Waals surface area contributed by atoms with Crippen LogP contribution in [0.2, 0.25) is 0 Å². The van der Waals surface area contributed by atoms with Crippen LogP contribution in [0.15, 0.2) is 35.2 Å². The quantitative estimate of drug-likeness (QED) is 0.586. The molecular formula is C12H13NO4S. The van der Waals surface area contributed by atoms with E-state index in [0.717, 1.165) is 6.07 Å². The number of fused-ring (bicyclic) bond motifs is 1. The van der Waals surface area contributed by atoms with Gasteiger partial charge in [0.2, 0.25) is 0 Å². The van der Waals surface area contributed by atoms with Crippen molar-refractivity contribution in [3.63, 3.8) is 0 Å². The Balaban J connectivity index is 2.91. The van der Waals surface area contributed by atoms with Gasteiger partial charge < -0.3 is 10.4 Å². The molecule has 5 nitrogen and oxygen atoms in total. The Hall–Kier alpha value is -1.79. The van der Waals surface area contributed by atoms with E-state index in [9.17, 15) is 18.1 Å². The molecule has 0 fully saturated rings. The first-order valence-electron chi connectivity index (χ1n) is 5.41. The Morgan fingerprint density at radius 2 is 1.83 bits per heavy atom. The summed E-state index contributed by atoms with van der Waals surface area (Å²) in [5.74, 6) is -0.181. The lowest BCUT2D eigenvalue weighted by atomic mass is 10.1. The fraction of sp³-hybridized carbons (Fsp3) is 0.167. The minimum atomic E-state index is -4.39. The summed E-state index contributed by atoms with van der Waals surface area (Å²) in [7, 11) is -4.39. The maximum atomic E-state index is 11.3. The lowest BCUT2D eigenvalue weighted by Crippen LogP contribution is -2.06. The standard InChI is InChI=1S/C12H13NO4S/c1-2-13-12-9-6-4-3-5-8(9)10(14)7-11(12)18(15,16)17/h3-7,13-14H,2H2,1H3,(H,15,16,17). The third-order valence-corrected chi connectivity index (χ3v) is 3.50. The second kappa shape index (κ2) is 4.47. The van der Waals surface area contributed by atoms with Gasteiger partial charge in [-0.15, -0.1) is 0 Å². The van der Waals surface area contributed by atoms with Gasteiger partial charge >= 0.3 is 0 Å². The van der Waals surface area contributed by atoms with E-state index in [4.69, 9.17) is 0 Å². The Labute approximate surface area is 105 Å². The Kier molecular flexibility index (Phi) is 3.14. The van der Waals surface area contributed by atoms with E-state index in [2.05, 4.69) is 5.32 Å². The van der Waals surface area contributed by atoms with Crippen molar-refractivity contribution in [3.05, 3.63) is 30.3 Å². The van der Waals surface area contributed by atoms with Crippen molar-refractivity contribution in [1.29, 1.82) is 0 Å². The average Bonchev–Trinajstić information content (AvgIpc) is 2.31. The van der Waals surface area contributed by atoms with Crippen LogP contribution in [-0.4, -0.2) is 24.6 Å². The monoisotopic (exact) mass is 267 g/mol. The fourth-order valence-corrected chi connectivity index (χ4v) is 2.59. The van der Waals surface area contributed by atoms with Gasteiger partial charge in [0.05, 0.1) is 5.69 Å². The van der Waals surface area contributed by atoms with Crippen molar-refractivity contribution in [2.75, 3.05) is 11.9 Å². The van der Waals surface area contributed by atoms with Gasteiger partial charge in [0.1, 0.15) is 10.6 Å².